The molecular formula is C16H11N3S2. The van der Waals surface area contributed by atoms with E-state index in [0.29, 0.717) is 5.11 Å². The van der Waals surface area contributed by atoms with Crippen LogP contribution in [0.15, 0.2) is 53.8 Å². The Kier molecular flexibility index (Phi) is 2.90. The second-order valence-electron chi connectivity index (χ2n) is 5.10. The van der Waals surface area contributed by atoms with Crippen molar-refractivity contribution in [2.45, 2.75) is 6.04 Å². The number of nitrogens with one attached hydrogen (secondary N) is 1. The highest BCUT2D eigenvalue weighted by Gasteiger charge is 2.42. The highest BCUT2D eigenvalue weighted by molar-refractivity contribution is 7.81. The molecule has 102 valence electrons. The van der Waals surface area contributed by atoms with E-state index >= 15 is 0 Å². The zero-order valence-electron chi connectivity index (χ0n) is 11.0. The average molecular weight is 309 g/mol. The van der Waals surface area contributed by atoms with Gasteiger partial charge in [-0.3, -0.25) is 4.98 Å². The second-order valence-corrected chi connectivity index (χ2v) is 5.92. The van der Waals surface area contributed by atoms with E-state index in [-0.39, 0.29) is 12.0 Å². The summed E-state index contributed by atoms with van der Waals surface area (Å²) in [7, 11) is 0. The molecule has 3 nitrogen and oxygen atoms in total. The number of aromatic nitrogens is 1. The van der Waals surface area contributed by atoms with Crippen molar-refractivity contribution < 1.29 is 0 Å². The van der Waals surface area contributed by atoms with E-state index in [0.717, 1.165) is 27.3 Å². The number of hydrogen-bond donors (Lipinski definition) is 1. The molecule has 21 heavy (non-hydrogen) atoms. The lowest BCUT2D eigenvalue weighted by molar-refractivity contribution is 0.601. The molecule has 1 N–H and O–H groups in total. The molecule has 0 amide bonds. The first-order valence-corrected chi connectivity index (χ1v) is 7.50. The zero-order valence-corrected chi connectivity index (χ0v) is 12.6. The van der Waals surface area contributed by atoms with Crippen molar-refractivity contribution in [3.05, 3.63) is 65.5 Å². The minimum absolute atomic E-state index is 0.00130. The molecule has 0 saturated carbocycles. The normalized spacial score (nSPS) is 23.1. The van der Waals surface area contributed by atoms with Crippen molar-refractivity contribution in [1.29, 1.82) is 0 Å². The fourth-order valence-corrected chi connectivity index (χ4v) is 3.66. The largest absolute Gasteiger partial charge is 0.353 e. The van der Waals surface area contributed by atoms with Crippen LogP contribution in [0.1, 0.15) is 22.7 Å². The smallest absolute Gasteiger partial charge is 0.193 e. The van der Waals surface area contributed by atoms with Crippen LogP contribution in [-0.2, 0) is 0 Å². The van der Waals surface area contributed by atoms with Crippen molar-refractivity contribution in [1.82, 2.24) is 10.3 Å². The van der Waals surface area contributed by atoms with Crippen LogP contribution in [-0.4, -0.2) is 20.7 Å². The van der Waals surface area contributed by atoms with Crippen LogP contribution < -0.4 is 5.32 Å². The summed E-state index contributed by atoms with van der Waals surface area (Å²) in [6.45, 7) is 0. The van der Waals surface area contributed by atoms with Gasteiger partial charge in [-0.05, 0) is 29.4 Å². The van der Waals surface area contributed by atoms with Crippen LogP contribution in [0, 0.1) is 5.92 Å². The molecule has 0 saturated heterocycles. The summed E-state index contributed by atoms with van der Waals surface area (Å²) in [6.07, 6.45) is 3.62. The fraction of sp³-hybridized carbons (Fsp3) is 0.125. The Morgan fingerprint density at radius 2 is 1.81 bits per heavy atom. The Morgan fingerprint density at radius 1 is 1.00 bits per heavy atom. The van der Waals surface area contributed by atoms with Crippen molar-refractivity contribution >= 4 is 40.1 Å². The number of nitrogens with zero attached hydrogens (tertiary/aromatic N) is 2. The van der Waals surface area contributed by atoms with Gasteiger partial charge in [-0.25, -0.2) is 4.99 Å². The van der Waals surface area contributed by atoms with E-state index in [1.54, 1.807) is 6.20 Å². The summed E-state index contributed by atoms with van der Waals surface area (Å²) >= 11 is 11.0. The van der Waals surface area contributed by atoms with E-state index in [2.05, 4.69) is 27.4 Å². The molecule has 1 aliphatic heterocycles. The average Bonchev–Trinajstić information content (AvgIpc) is 2.81. The predicted molar refractivity (Wildman–Crippen MR) is 90.9 cm³/mol. The third-order valence-electron chi connectivity index (χ3n) is 3.92. The van der Waals surface area contributed by atoms with Crippen molar-refractivity contribution in [2.75, 3.05) is 0 Å². The van der Waals surface area contributed by atoms with Gasteiger partial charge < -0.3 is 5.32 Å². The summed E-state index contributed by atoms with van der Waals surface area (Å²) in [4.78, 5) is 9.67. The third kappa shape index (κ3) is 1.92. The van der Waals surface area contributed by atoms with Crippen LogP contribution in [0.4, 0.5) is 0 Å². The number of aliphatic imine (C=N–C) groups is 1. The monoisotopic (exact) mass is 309 g/mol. The molecule has 0 fully saturated rings. The van der Waals surface area contributed by atoms with Crippen LogP contribution in [0.25, 0.3) is 0 Å². The molecule has 4 rings (SSSR count). The summed E-state index contributed by atoms with van der Waals surface area (Å²) in [5.41, 5.74) is 4.25. The maximum atomic E-state index is 5.70. The minimum Gasteiger partial charge on any atom is -0.353 e. The SMILES string of the molecule is S=C1N=C2c3ccccc3C(=S)C2C(c2cccnc2)N1. The quantitative estimate of drug-likeness (QED) is 0.822. The summed E-state index contributed by atoms with van der Waals surface area (Å²) in [6, 6.07) is 12.1. The highest BCUT2D eigenvalue weighted by Crippen LogP contribution is 2.38. The first kappa shape index (κ1) is 12.7. The molecule has 0 radical (unpaired) electrons. The van der Waals surface area contributed by atoms with Crippen molar-refractivity contribution in [3.8, 4) is 0 Å². The van der Waals surface area contributed by atoms with Gasteiger partial charge in [-0.15, -0.1) is 0 Å². The second kappa shape index (κ2) is 4.79. The first-order valence-electron chi connectivity index (χ1n) is 6.68. The number of fused-ring (bicyclic) bond motifs is 3. The molecule has 1 aliphatic carbocycles. The van der Waals surface area contributed by atoms with E-state index in [1.807, 2.05) is 30.5 Å². The molecule has 5 heteroatoms. The Bertz CT molecular complexity index is 783. The summed E-state index contributed by atoms with van der Waals surface area (Å²) < 4.78 is 0. The predicted octanol–water partition coefficient (Wildman–Crippen LogP) is 2.85. The van der Waals surface area contributed by atoms with Crippen LogP contribution in [0.3, 0.4) is 0 Å². The molecule has 2 unspecified atom stereocenters. The fourth-order valence-electron chi connectivity index (χ4n) is 3.01. The van der Waals surface area contributed by atoms with Gasteiger partial charge in [0.1, 0.15) is 0 Å². The van der Waals surface area contributed by atoms with Gasteiger partial charge in [0.05, 0.1) is 17.7 Å². The number of rotatable bonds is 1. The van der Waals surface area contributed by atoms with Crippen molar-refractivity contribution in [3.63, 3.8) is 0 Å². The maximum Gasteiger partial charge on any atom is 0.193 e. The molecule has 1 aromatic carbocycles. The number of hydrogen-bond acceptors (Lipinski definition) is 3. The molecule has 2 atom stereocenters. The Balaban J connectivity index is 1.88. The van der Waals surface area contributed by atoms with Crippen LogP contribution >= 0.6 is 24.4 Å². The zero-order chi connectivity index (χ0) is 14.4. The molecule has 2 aliphatic rings. The lowest BCUT2D eigenvalue weighted by atomic mass is 9.89. The molecule has 0 spiro atoms. The van der Waals surface area contributed by atoms with E-state index in [1.165, 1.54) is 0 Å². The van der Waals surface area contributed by atoms with Gasteiger partial charge in [-0.1, -0.05) is 42.5 Å². The Labute approximate surface area is 133 Å². The Morgan fingerprint density at radius 3 is 2.57 bits per heavy atom. The topological polar surface area (TPSA) is 37.3 Å². The van der Waals surface area contributed by atoms with Gasteiger partial charge in [-0.2, -0.15) is 0 Å². The Hall–Kier alpha value is -1.98. The molecule has 0 bridgehead atoms. The maximum absolute atomic E-state index is 5.70. The van der Waals surface area contributed by atoms with E-state index in [9.17, 15) is 0 Å². The van der Waals surface area contributed by atoms with Gasteiger partial charge in [0.2, 0.25) is 0 Å². The minimum atomic E-state index is -0.00130. The lowest BCUT2D eigenvalue weighted by Crippen LogP contribution is -2.41. The van der Waals surface area contributed by atoms with Gasteiger partial charge >= 0.3 is 0 Å². The third-order valence-corrected chi connectivity index (χ3v) is 4.61. The van der Waals surface area contributed by atoms with Gasteiger partial charge in [0.25, 0.3) is 0 Å². The van der Waals surface area contributed by atoms with Crippen molar-refractivity contribution in [2.24, 2.45) is 10.9 Å². The number of pyridine rings is 1. The standard InChI is InChI=1S/C16H11N3S2/c20-15-11-6-2-1-5-10(11)14-12(15)13(18-16(21)19-14)9-4-3-7-17-8-9/h1-8,12-13H,(H,18,21). The highest BCUT2D eigenvalue weighted by atomic mass is 32.1. The van der Waals surface area contributed by atoms with Crippen LogP contribution in [0.5, 0.6) is 0 Å². The van der Waals surface area contributed by atoms with Crippen LogP contribution in [0.2, 0.25) is 0 Å². The van der Waals surface area contributed by atoms with E-state index < -0.39 is 0 Å². The molecule has 2 aromatic rings. The summed E-state index contributed by atoms with van der Waals surface area (Å²) in [5.74, 6) is 0.0355. The van der Waals surface area contributed by atoms with Gasteiger partial charge in [0.15, 0.2) is 5.11 Å². The lowest BCUT2D eigenvalue weighted by Gasteiger charge is -2.29. The number of thiocarbonyl (C=S) groups is 2. The van der Waals surface area contributed by atoms with E-state index in [4.69, 9.17) is 24.4 Å². The summed E-state index contributed by atoms with van der Waals surface area (Å²) in [5, 5.41) is 3.79. The number of benzene rings is 1. The molecule has 2 heterocycles. The molecule has 1 aromatic heterocycles. The molecular weight excluding hydrogens is 298 g/mol. The van der Waals surface area contributed by atoms with Gasteiger partial charge in [0, 0.05) is 22.8 Å². The first-order chi connectivity index (χ1) is 10.3.